The van der Waals surface area contributed by atoms with Gasteiger partial charge < -0.3 is 4.90 Å². The number of nitriles is 1. The molecule has 0 spiro atoms. The fourth-order valence-corrected chi connectivity index (χ4v) is 4.74. The van der Waals surface area contributed by atoms with Crippen molar-refractivity contribution >= 4 is 0 Å². The van der Waals surface area contributed by atoms with Gasteiger partial charge >= 0.3 is 0 Å². The van der Waals surface area contributed by atoms with Crippen LogP contribution in [0.3, 0.4) is 0 Å². The predicted octanol–water partition coefficient (Wildman–Crippen LogP) is 5.92. The second-order valence-electron chi connectivity index (χ2n) is 8.20. The normalized spacial score (nSPS) is 30.2. The Hall–Kier alpha value is -0.550. The first-order chi connectivity index (χ1) is 11.2. The molecule has 2 heteroatoms. The van der Waals surface area contributed by atoms with Crippen molar-refractivity contribution in [2.75, 3.05) is 13.1 Å². The molecule has 2 nitrogen and oxygen atoms in total. The van der Waals surface area contributed by atoms with Crippen molar-refractivity contribution in [3.05, 3.63) is 0 Å². The van der Waals surface area contributed by atoms with Gasteiger partial charge in [0.15, 0.2) is 0 Å². The van der Waals surface area contributed by atoms with Gasteiger partial charge in [0.2, 0.25) is 0 Å². The Balaban J connectivity index is 1.71. The smallest absolute Gasteiger partial charge is 0.0689 e. The number of unbranched alkanes of at least 4 members (excludes halogenated alkanes) is 3. The summed E-state index contributed by atoms with van der Waals surface area (Å²) in [6, 6.07) is 3.47. The van der Waals surface area contributed by atoms with E-state index in [0.29, 0.717) is 0 Å². The number of hydrogen-bond donors (Lipinski definition) is 0. The van der Waals surface area contributed by atoms with Crippen LogP contribution >= 0.6 is 0 Å². The number of likely N-dealkylation sites (tertiary alicyclic amines) is 1. The van der Waals surface area contributed by atoms with Crippen LogP contribution in [0.25, 0.3) is 0 Å². The van der Waals surface area contributed by atoms with Gasteiger partial charge in [0.05, 0.1) is 11.5 Å². The van der Waals surface area contributed by atoms with E-state index in [-0.39, 0.29) is 5.41 Å². The zero-order valence-corrected chi connectivity index (χ0v) is 15.7. The molecule has 23 heavy (non-hydrogen) atoms. The fraction of sp³-hybridized carbons (Fsp3) is 0.952. The summed E-state index contributed by atoms with van der Waals surface area (Å²) in [5.41, 5.74) is 0.0188. The van der Waals surface area contributed by atoms with E-state index in [2.05, 4.69) is 24.8 Å². The van der Waals surface area contributed by atoms with Crippen LogP contribution < -0.4 is 0 Å². The molecule has 1 saturated carbocycles. The Morgan fingerprint density at radius 3 is 2.17 bits per heavy atom. The van der Waals surface area contributed by atoms with Crippen molar-refractivity contribution in [2.24, 2.45) is 11.3 Å². The summed E-state index contributed by atoms with van der Waals surface area (Å²) in [6.07, 6.45) is 16.9. The van der Waals surface area contributed by atoms with Gasteiger partial charge in [-0.05, 0) is 64.0 Å². The summed E-state index contributed by atoms with van der Waals surface area (Å²) in [7, 11) is 0. The highest BCUT2D eigenvalue weighted by Crippen LogP contribution is 2.42. The minimum absolute atomic E-state index is 0.0188. The summed E-state index contributed by atoms with van der Waals surface area (Å²) in [4.78, 5) is 2.76. The Morgan fingerprint density at radius 2 is 1.61 bits per heavy atom. The second-order valence-corrected chi connectivity index (χ2v) is 8.20. The molecule has 1 aliphatic carbocycles. The third-order valence-electron chi connectivity index (χ3n) is 6.54. The molecule has 1 saturated heterocycles. The zero-order chi connectivity index (χ0) is 16.5. The van der Waals surface area contributed by atoms with Crippen molar-refractivity contribution in [2.45, 2.75) is 103 Å². The SMILES string of the molecule is CCCCCC1CCN(C2CCC(C#N)(CCCC)CC2)CC1. The van der Waals surface area contributed by atoms with Gasteiger partial charge in [0.1, 0.15) is 0 Å². The second kappa shape index (κ2) is 9.67. The quantitative estimate of drug-likeness (QED) is 0.519. The first-order valence-electron chi connectivity index (χ1n) is 10.4. The Labute approximate surface area is 144 Å². The minimum Gasteiger partial charge on any atom is -0.300 e. The van der Waals surface area contributed by atoms with Crippen LogP contribution in [-0.2, 0) is 0 Å². The maximum atomic E-state index is 9.64. The lowest BCUT2D eigenvalue weighted by molar-refractivity contribution is 0.0756. The lowest BCUT2D eigenvalue weighted by atomic mass is 9.70. The third-order valence-corrected chi connectivity index (χ3v) is 6.54. The van der Waals surface area contributed by atoms with Crippen LogP contribution in [0.1, 0.15) is 97.3 Å². The number of hydrogen-bond acceptors (Lipinski definition) is 2. The van der Waals surface area contributed by atoms with Crippen LogP contribution in [-0.4, -0.2) is 24.0 Å². The molecule has 0 unspecified atom stereocenters. The third kappa shape index (κ3) is 5.49. The molecule has 0 bridgehead atoms. The first kappa shape index (κ1) is 18.8. The molecule has 1 heterocycles. The Kier molecular flexibility index (Phi) is 7.90. The van der Waals surface area contributed by atoms with Gasteiger partial charge in [-0.25, -0.2) is 0 Å². The van der Waals surface area contributed by atoms with E-state index < -0.39 is 0 Å². The van der Waals surface area contributed by atoms with Crippen LogP contribution in [0.2, 0.25) is 0 Å². The van der Waals surface area contributed by atoms with Crippen LogP contribution in [0.5, 0.6) is 0 Å². The highest BCUT2D eigenvalue weighted by atomic mass is 15.2. The predicted molar refractivity (Wildman–Crippen MR) is 98.3 cm³/mol. The fourth-order valence-electron chi connectivity index (χ4n) is 4.74. The van der Waals surface area contributed by atoms with Crippen LogP contribution in [0, 0.1) is 22.7 Å². The Morgan fingerprint density at radius 1 is 0.957 bits per heavy atom. The molecular formula is C21H38N2. The van der Waals surface area contributed by atoms with Gasteiger partial charge in [-0.15, -0.1) is 0 Å². The van der Waals surface area contributed by atoms with Gasteiger partial charge in [0, 0.05) is 6.04 Å². The highest BCUT2D eigenvalue weighted by Gasteiger charge is 2.37. The van der Waals surface area contributed by atoms with E-state index in [4.69, 9.17) is 0 Å². The monoisotopic (exact) mass is 318 g/mol. The molecule has 0 atom stereocenters. The molecule has 0 N–H and O–H groups in total. The highest BCUT2D eigenvalue weighted by molar-refractivity contribution is 5.02. The average molecular weight is 319 g/mol. The molecule has 0 aromatic heterocycles. The molecular weight excluding hydrogens is 280 g/mol. The van der Waals surface area contributed by atoms with Gasteiger partial charge in [-0.3, -0.25) is 0 Å². The van der Waals surface area contributed by atoms with Crippen LogP contribution in [0.4, 0.5) is 0 Å². The van der Waals surface area contributed by atoms with E-state index >= 15 is 0 Å². The summed E-state index contributed by atoms with van der Waals surface area (Å²) >= 11 is 0. The van der Waals surface area contributed by atoms with E-state index in [0.717, 1.165) is 31.2 Å². The Bertz CT molecular complexity index is 355. The molecule has 0 aromatic carbocycles. The van der Waals surface area contributed by atoms with E-state index in [1.54, 1.807) is 0 Å². The van der Waals surface area contributed by atoms with E-state index in [1.165, 1.54) is 77.3 Å². The van der Waals surface area contributed by atoms with Crippen molar-refractivity contribution in [3.63, 3.8) is 0 Å². The molecule has 0 radical (unpaired) electrons. The van der Waals surface area contributed by atoms with Gasteiger partial charge in [-0.1, -0.05) is 52.4 Å². The molecule has 2 aliphatic rings. The van der Waals surface area contributed by atoms with Crippen molar-refractivity contribution in [1.82, 2.24) is 4.90 Å². The van der Waals surface area contributed by atoms with Crippen LogP contribution in [0.15, 0.2) is 0 Å². The maximum Gasteiger partial charge on any atom is 0.0689 e. The molecule has 1 aliphatic heterocycles. The van der Waals surface area contributed by atoms with Gasteiger partial charge in [0.25, 0.3) is 0 Å². The lowest BCUT2D eigenvalue weighted by Gasteiger charge is -2.43. The summed E-state index contributed by atoms with van der Waals surface area (Å²) in [5.74, 6) is 0.990. The zero-order valence-electron chi connectivity index (χ0n) is 15.7. The molecule has 132 valence electrons. The number of nitrogens with zero attached hydrogens (tertiary/aromatic N) is 2. The maximum absolute atomic E-state index is 9.64. The molecule has 2 fully saturated rings. The van der Waals surface area contributed by atoms with Crippen molar-refractivity contribution in [3.8, 4) is 6.07 Å². The molecule has 0 aromatic rings. The average Bonchev–Trinajstić information content (AvgIpc) is 2.61. The lowest BCUT2D eigenvalue weighted by Crippen LogP contribution is -2.44. The van der Waals surface area contributed by atoms with E-state index in [1.807, 2.05) is 0 Å². The summed E-state index contributed by atoms with van der Waals surface area (Å²) in [5, 5.41) is 9.64. The largest absolute Gasteiger partial charge is 0.300 e. The summed E-state index contributed by atoms with van der Waals surface area (Å²) in [6.45, 7) is 7.17. The number of piperidine rings is 1. The molecule has 0 amide bonds. The topological polar surface area (TPSA) is 27.0 Å². The summed E-state index contributed by atoms with van der Waals surface area (Å²) < 4.78 is 0. The van der Waals surface area contributed by atoms with Gasteiger partial charge in [-0.2, -0.15) is 5.26 Å². The molecule has 2 rings (SSSR count). The standard InChI is InChI=1S/C21H38N2/c1-3-5-7-8-19-11-16-23(17-12-19)20-9-14-21(18-22,15-10-20)13-6-4-2/h19-20H,3-17H2,1-2H3. The first-order valence-corrected chi connectivity index (χ1v) is 10.4. The number of rotatable bonds is 8. The minimum atomic E-state index is 0.0188. The van der Waals surface area contributed by atoms with Crippen molar-refractivity contribution in [1.29, 1.82) is 5.26 Å². The van der Waals surface area contributed by atoms with Crippen molar-refractivity contribution < 1.29 is 0 Å². The van der Waals surface area contributed by atoms with E-state index in [9.17, 15) is 5.26 Å².